The molecule has 1 N–H and O–H groups in total. The second-order valence-corrected chi connectivity index (χ2v) is 5.34. The predicted octanol–water partition coefficient (Wildman–Crippen LogP) is 2.18. The Balaban J connectivity index is 2.27. The summed E-state index contributed by atoms with van der Waals surface area (Å²) in [5.74, 6) is 0. The monoisotopic (exact) mass is 255 g/mol. The van der Waals surface area contributed by atoms with Gasteiger partial charge in [-0.15, -0.1) is 0 Å². The van der Waals surface area contributed by atoms with Crippen LogP contribution in [0.2, 0.25) is 0 Å². The van der Waals surface area contributed by atoms with E-state index in [0.717, 1.165) is 6.04 Å². The van der Waals surface area contributed by atoms with Crippen molar-refractivity contribution < 1.29 is 0 Å². The molecule has 1 aliphatic heterocycles. The zero-order valence-corrected chi connectivity index (χ0v) is 12.7. The molecule has 3 nitrogen and oxygen atoms in total. The molecule has 0 aliphatic carbocycles. The third kappa shape index (κ3) is 5.68. The average molecular weight is 255 g/mol. The smallest absolute Gasteiger partial charge is 0.0108 e. The lowest BCUT2D eigenvalue weighted by Crippen LogP contribution is -2.38. The Kier molecular flexibility index (Phi) is 8.64. The molecule has 0 aromatic carbocycles. The molecule has 18 heavy (non-hydrogen) atoms. The zero-order chi connectivity index (χ0) is 13.2. The number of hydrogen-bond donors (Lipinski definition) is 1. The van der Waals surface area contributed by atoms with Crippen molar-refractivity contribution in [3.8, 4) is 0 Å². The summed E-state index contributed by atoms with van der Waals surface area (Å²) in [5, 5.41) is 3.51. The first-order valence-electron chi connectivity index (χ1n) is 7.98. The molecule has 0 radical (unpaired) electrons. The molecule has 0 aromatic heterocycles. The van der Waals surface area contributed by atoms with Gasteiger partial charge in [0.15, 0.2) is 0 Å². The minimum Gasteiger partial charge on any atom is -0.317 e. The van der Waals surface area contributed by atoms with Gasteiger partial charge in [0.2, 0.25) is 0 Å². The highest BCUT2D eigenvalue weighted by Gasteiger charge is 2.18. The van der Waals surface area contributed by atoms with E-state index in [4.69, 9.17) is 0 Å². The minimum atomic E-state index is 0.821. The van der Waals surface area contributed by atoms with E-state index in [1.165, 1.54) is 71.5 Å². The predicted molar refractivity (Wildman–Crippen MR) is 80.2 cm³/mol. The fraction of sp³-hybridized carbons (Fsp3) is 1.00. The molecule has 1 saturated heterocycles. The molecule has 0 aromatic rings. The van der Waals surface area contributed by atoms with Crippen LogP contribution < -0.4 is 5.32 Å². The summed E-state index contributed by atoms with van der Waals surface area (Å²) in [6, 6.07) is 0.821. The first-order chi connectivity index (χ1) is 8.81. The summed E-state index contributed by atoms with van der Waals surface area (Å²) >= 11 is 0. The van der Waals surface area contributed by atoms with E-state index in [0.29, 0.717) is 0 Å². The number of nitrogens with zero attached hydrogens (tertiary/aromatic N) is 2. The summed E-state index contributed by atoms with van der Waals surface area (Å²) in [5.41, 5.74) is 0. The second kappa shape index (κ2) is 9.76. The molecule has 0 saturated carbocycles. The highest BCUT2D eigenvalue weighted by atomic mass is 15.2. The van der Waals surface area contributed by atoms with Gasteiger partial charge in [0.25, 0.3) is 0 Å². The van der Waals surface area contributed by atoms with Gasteiger partial charge in [0.1, 0.15) is 0 Å². The van der Waals surface area contributed by atoms with E-state index in [9.17, 15) is 0 Å². The molecule has 3 heteroatoms. The van der Waals surface area contributed by atoms with Crippen molar-refractivity contribution >= 4 is 0 Å². The third-order valence-electron chi connectivity index (χ3n) is 4.28. The molecule has 1 heterocycles. The van der Waals surface area contributed by atoms with Crippen molar-refractivity contribution in [1.29, 1.82) is 0 Å². The molecule has 0 bridgehead atoms. The van der Waals surface area contributed by atoms with Gasteiger partial charge in [-0.3, -0.25) is 0 Å². The maximum atomic E-state index is 3.51. The highest BCUT2D eigenvalue weighted by molar-refractivity contribution is 4.75. The Morgan fingerprint density at radius 2 is 1.72 bits per heavy atom. The molecular weight excluding hydrogens is 222 g/mol. The Labute approximate surface area is 114 Å². The van der Waals surface area contributed by atoms with Crippen LogP contribution in [0.3, 0.4) is 0 Å². The van der Waals surface area contributed by atoms with Crippen molar-refractivity contribution in [3.63, 3.8) is 0 Å². The zero-order valence-electron chi connectivity index (χ0n) is 12.7. The molecule has 1 rings (SSSR count). The summed E-state index contributed by atoms with van der Waals surface area (Å²) in [6.45, 7) is 15.4. The lowest BCUT2D eigenvalue weighted by atomic mass is 10.1. The van der Waals surface area contributed by atoms with Gasteiger partial charge in [0, 0.05) is 6.04 Å². The third-order valence-corrected chi connectivity index (χ3v) is 4.28. The Morgan fingerprint density at radius 3 is 2.39 bits per heavy atom. The molecule has 1 atom stereocenters. The van der Waals surface area contributed by atoms with Crippen LogP contribution in [0.5, 0.6) is 0 Å². The van der Waals surface area contributed by atoms with Crippen LogP contribution in [0.25, 0.3) is 0 Å². The number of nitrogens with one attached hydrogen (secondary N) is 1. The van der Waals surface area contributed by atoms with Crippen LogP contribution in [-0.4, -0.2) is 61.7 Å². The van der Waals surface area contributed by atoms with Crippen molar-refractivity contribution in [2.75, 3.05) is 45.8 Å². The van der Waals surface area contributed by atoms with Gasteiger partial charge in [-0.1, -0.05) is 20.8 Å². The molecule has 0 amide bonds. The fourth-order valence-electron chi connectivity index (χ4n) is 3.00. The van der Waals surface area contributed by atoms with E-state index in [-0.39, 0.29) is 0 Å². The van der Waals surface area contributed by atoms with Gasteiger partial charge in [-0.25, -0.2) is 0 Å². The SMILES string of the molecule is CCN(CC)CCCN(CC)C1CCCNCC1. The molecule has 1 fully saturated rings. The van der Waals surface area contributed by atoms with Gasteiger partial charge in [-0.2, -0.15) is 0 Å². The topological polar surface area (TPSA) is 18.5 Å². The first kappa shape index (κ1) is 15.9. The molecule has 1 aliphatic rings. The Bertz CT molecular complexity index is 184. The van der Waals surface area contributed by atoms with E-state index < -0.39 is 0 Å². The minimum absolute atomic E-state index is 0.821. The Morgan fingerprint density at radius 1 is 0.944 bits per heavy atom. The number of rotatable bonds is 8. The summed E-state index contributed by atoms with van der Waals surface area (Å²) in [6.07, 6.45) is 5.38. The standard InChI is InChI=1S/C15H33N3/c1-4-17(5-2)13-8-14-18(6-3)15-9-7-11-16-12-10-15/h15-16H,4-14H2,1-3H3. The van der Waals surface area contributed by atoms with Crippen molar-refractivity contribution in [2.45, 2.75) is 52.5 Å². The summed E-state index contributed by atoms with van der Waals surface area (Å²) < 4.78 is 0. The number of hydrogen-bond acceptors (Lipinski definition) is 3. The van der Waals surface area contributed by atoms with Crippen LogP contribution in [-0.2, 0) is 0 Å². The highest BCUT2D eigenvalue weighted by Crippen LogP contribution is 2.13. The van der Waals surface area contributed by atoms with E-state index in [1.54, 1.807) is 0 Å². The van der Waals surface area contributed by atoms with Crippen LogP contribution >= 0.6 is 0 Å². The van der Waals surface area contributed by atoms with Gasteiger partial charge < -0.3 is 15.1 Å². The van der Waals surface area contributed by atoms with Crippen LogP contribution in [0.15, 0.2) is 0 Å². The molecule has 108 valence electrons. The van der Waals surface area contributed by atoms with Crippen molar-refractivity contribution in [3.05, 3.63) is 0 Å². The van der Waals surface area contributed by atoms with Crippen molar-refractivity contribution in [2.24, 2.45) is 0 Å². The van der Waals surface area contributed by atoms with Gasteiger partial charge in [0.05, 0.1) is 0 Å². The summed E-state index contributed by atoms with van der Waals surface area (Å²) in [7, 11) is 0. The molecular formula is C15H33N3. The largest absolute Gasteiger partial charge is 0.317 e. The first-order valence-corrected chi connectivity index (χ1v) is 7.98. The van der Waals surface area contributed by atoms with Gasteiger partial charge in [-0.05, 0) is 71.5 Å². The van der Waals surface area contributed by atoms with E-state index in [2.05, 4.69) is 35.9 Å². The van der Waals surface area contributed by atoms with E-state index >= 15 is 0 Å². The lowest BCUT2D eigenvalue weighted by molar-refractivity contribution is 0.176. The quantitative estimate of drug-likeness (QED) is 0.717. The van der Waals surface area contributed by atoms with Crippen LogP contribution in [0.4, 0.5) is 0 Å². The normalized spacial score (nSPS) is 21.5. The van der Waals surface area contributed by atoms with E-state index in [1.807, 2.05) is 0 Å². The van der Waals surface area contributed by atoms with Crippen LogP contribution in [0, 0.1) is 0 Å². The maximum absolute atomic E-state index is 3.51. The lowest BCUT2D eigenvalue weighted by Gasteiger charge is -2.30. The average Bonchev–Trinajstić information content (AvgIpc) is 2.68. The maximum Gasteiger partial charge on any atom is 0.0108 e. The fourth-order valence-corrected chi connectivity index (χ4v) is 3.00. The Hall–Kier alpha value is -0.120. The van der Waals surface area contributed by atoms with Gasteiger partial charge >= 0.3 is 0 Å². The molecule has 1 unspecified atom stereocenters. The van der Waals surface area contributed by atoms with Crippen LogP contribution in [0.1, 0.15) is 46.5 Å². The summed E-state index contributed by atoms with van der Waals surface area (Å²) in [4.78, 5) is 5.24. The second-order valence-electron chi connectivity index (χ2n) is 5.34. The van der Waals surface area contributed by atoms with Crippen molar-refractivity contribution in [1.82, 2.24) is 15.1 Å². The molecule has 0 spiro atoms.